The number of carbonyl (C=O) groups excluding carboxylic acids is 2. The van der Waals surface area contributed by atoms with Gasteiger partial charge in [0.25, 0.3) is 0 Å². The van der Waals surface area contributed by atoms with Gasteiger partial charge in [-0.2, -0.15) is 0 Å². The maximum Gasteiger partial charge on any atom is 0.306 e. The number of benzene rings is 2. The Hall–Kier alpha value is -3.79. The van der Waals surface area contributed by atoms with E-state index in [-0.39, 0.29) is 36.6 Å². The number of nitrogens with zero attached hydrogens (tertiary/aromatic N) is 1. The highest BCUT2D eigenvalue weighted by Gasteiger charge is 2.22. The van der Waals surface area contributed by atoms with Crippen molar-refractivity contribution in [1.29, 1.82) is 5.41 Å². The van der Waals surface area contributed by atoms with Crippen LogP contribution in [0.4, 0.5) is 11.4 Å². The number of ether oxygens (including phenoxy) is 1. The summed E-state index contributed by atoms with van der Waals surface area (Å²) in [4.78, 5) is 26.3. The topological polar surface area (TPSA) is 109 Å². The van der Waals surface area contributed by atoms with Crippen LogP contribution in [0.3, 0.4) is 0 Å². The third-order valence-corrected chi connectivity index (χ3v) is 5.24. The van der Waals surface area contributed by atoms with Crippen LogP contribution in [0.25, 0.3) is 0 Å². The highest BCUT2D eigenvalue weighted by Crippen LogP contribution is 2.27. The van der Waals surface area contributed by atoms with Crippen molar-refractivity contribution in [3.05, 3.63) is 58.7 Å². The maximum absolute atomic E-state index is 12.9. The average molecular weight is 463 g/mol. The zero-order valence-corrected chi connectivity index (χ0v) is 20.6. The molecule has 0 saturated carbocycles. The van der Waals surface area contributed by atoms with E-state index in [1.807, 2.05) is 52.0 Å². The Morgan fingerprint density at radius 3 is 2.38 bits per heavy atom. The first-order chi connectivity index (χ1) is 16.1. The van der Waals surface area contributed by atoms with Gasteiger partial charge in [-0.15, -0.1) is 0 Å². The average Bonchev–Trinajstić information content (AvgIpc) is 2.78. The van der Waals surface area contributed by atoms with Crippen LogP contribution in [-0.2, 0) is 14.3 Å². The number of anilines is 2. The minimum absolute atomic E-state index is 0.0392. The molecule has 7 nitrogen and oxygen atoms in total. The molecule has 0 radical (unpaired) electrons. The molecule has 2 rings (SSSR count). The lowest BCUT2D eigenvalue weighted by molar-refractivity contribution is -0.144. The van der Waals surface area contributed by atoms with Gasteiger partial charge in [0.2, 0.25) is 5.91 Å². The molecule has 180 valence electrons. The molecule has 7 heteroatoms. The Morgan fingerprint density at radius 2 is 1.79 bits per heavy atom. The molecule has 0 heterocycles. The number of rotatable bonds is 9. The zero-order valence-electron chi connectivity index (χ0n) is 20.6. The standard InChI is InChI=1S/C27H34N4O3/c1-6-34-26(33)14-13-25(32)31(18(2)3)24-17-19(4)22(16-20(24)5)8-7-15-30-23-11-9-21(10-12-23)27(28)29/h9-12,16-18,30H,6,13-15H2,1-5H3,(H3,28,29). The van der Waals surface area contributed by atoms with Crippen LogP contribution in [-0.4, -0.2) is 36.9 Å². The molecule has 0 atom stereocenters. The van der Waals surface area contributed by atoms with Crippen molar-refractivity contribution in [2.75, 3.05) is 23.4 Å². The second-order valence-corrected chi connectivity index (χ2v) is 8.26. The molecule has 0 unspecified atom stereocenters. The number of amidine groups is 1. The number of hydrogen-bond donors (Lipinski definition) is 3. The molecule has 0 fully saturated rings. The number of aryl methyl sites for hydroxylation is 2. The number of amides is 1. The van der Waals surface area contributed by atoms with Crippen molar-refractivity contribution in [3.63, 3.8) is 0 Å². The summed E-state index contributed by atoms with van der Waals surface area (Å²) in [5.41, 5.74) is 10.7. The molecular weight excluding hydrogens is 428 g/mol. The van der Waals surface area contributed by atoms with Crippen LogP contribution in [0, 0.1) is 31.1 Å². The maximum atomic E-state index is 12.9. The normalized spacial score (nSPS) is 10.3. The third kappa shape index (κ3) is 7.38. The molecular formula is C27H34N4O3. The Kier molecular flexibility index (Phi) is 9.69. The molecule has 0 aliphatic carbocycles. The highest BCUT2D eigenvalue weighted by molar-refractivity contribution is 5.96. The number of nitrogens with one attached hydrogen (secondary N) is 2. The second-order valence-electron chi connectivity index (χ2n) is 8.26. The van der Waals surface area contributed by atoms with Crippen LogP contribution in [0.1, 0.15) is 55.9 Å². The predicted molar refractivity (Wildman–Crippen MR) is 137 cm³/mol. The molecule has 2 aromatic carbocycles. The van der Waals surface area contributed by atoms with Crippen molar-refractivity contribution in [2.45, 2.75) is 53.5 Å². The first kappa shape index (κ1) is 26.5. The van der Waals surface area contributed by atoms with Crippen LogP contribution >= 0.6 is 0 Å². The van der Waals surface area contributed by atoms with E-state index < -0.39 is 0 Å². The minimum Gasteiger partial charge on any atom is -0.466 e. The lowest BCUT2D eigenvalue weighted by atomic mass is 10.0. The summed E-state index contributed by atoms with van der Waals surface area (Å²) in [6, 6.07) is 11.2. The van der Waals surface area contributed by atoms with Gasteiger partial charge < -0.3 is 20.7 Å². The number of esters is 1. The zero-order chi connectivity index (χ0) is 25.3. The molecule has 1 amide bonds. The largest absolute Gasteiger partial charge is 0.466 e. The summed E-state index contributed by atoms with van der Waals surface area (Å²) in [6.45, 7) is 10.4. The van der Waals surface area contributed by atoms with E-state index in [2.05, 4.69) is 17.2 Å². The summed E-state index contributed by atoms with van der Waals surface area (Å²) in [5.74, 6) is 5.91. The van der Waals surface area contributed by atoms with Crippen LogP contribution in [0.5, 0.6) is 0 Å². The summed E-state index contributed by atoms with van der Waals surface area (Å²) in [7, 11) is 0. The number of carbonyl (C=O) groups is 2. The third-order valence-electron chi connectivity index (χ3n) is 5.24. The summed E-state index contributed by atoms with van der Waals surface area (Å²) < 4.78 is 4.94. The molecule has 0 aromatic heterocycles. The van der Waals surface area contributed by atoms with Gasteiger partial charge in [-0.3, -0.25) is 15.0 Å². The van der Waals surface area contributed by atoms with Crippen molar-refractivity contribution in [3.8, 4) is 11.8 Å². The molecule has 4 N–H and O–H groups in total. The first-order valence-electron chi connectivity index (χ1n) is 11.4. The molecule has 0 spiro atoms. The minimum atomic E-state index is -0.360. The lowest BCUT2D eigenvalue weighted by Crippen LogP contribution is -2.37. The van der Waals surface area contributed by atoms with E-state index >= 15 is 0 Å². The van der Waals surface area contributed by atoms with Crippen LogP contribution < -0.4 is 16.0 Å². The van der Waals surface area contributed by atoms with Crippen molar-refractivity contribution < 1.29 is 14.3 Å². The van der Waals surface area contributed by atoms with E-state index in [0.29, 0.717) is 18.7 Å². The molecule has 34 heavy (non-hydrogen) atoms. The smallest absolute Gasteiger partial charge is 0.306 e. The van der Waals surface area contributed by atoms with Crippen LogP contribution in [0.15, 0.2) is 36.4 Å². The van der Waals surface area contributed by atoms with Gasteiger partial charge in [-0.1, -0.05) is 11.8 Å². The fraction of sp³-hybridized carbons (Fsp3) is 0.370. The fourth-order valence-electron chi connectivity index (χ4n) is 3.51. The summed E-state index contributed by atoms with van der Waals surface area (Å²) >= 11 is 0. The monoisotopic (exact) mass is 462 g/mol. The van der Waals surface area contributed by atoms with E-state index in [0.717, 1.165) is 28.1 Å². The van der Waals surface area contributed by atoms with Gasteiger partial charge in [-0.05, 0) is 82.1 Å². The quantitative estimate of drug-likeness (QED) is 0.225. The molecule has 0 aliphatic rings. The van der Waals surface area contributed by atoms with Crippen molar-refractivity contribution in [1.82, 2.24) is 0 Å². The van der Waals surface area contributed by atoms with E-state index in [1.165, 1.54) is 0 Å². The molecule has 0 bridgehead atoms. The first-order valence-corrected chi connectivity index (χ1v) is 11.4. The lowest BCUT2D eigenvalue weighted by Gasteiger charge is -2.29. The van der Waals surface area contributed by atoms with Gasteiger partial charge >= 0.3 is 5.97 Å². The van der Waals surface area contributed by atoms with Gasteiger partial charge in [0.05, 0.1) is 19.6 Å². The van der Waals surface area contributed by atoms with E-state index in [1.54, 1.807) is 24.0 Å². The number of nitrogen functional groups attached to an aromatic ring is 1. The molecule has 0 saturated heterocycles. The molecule has 0 aliphatic heterocycles. The van der Waals surface area contributed by atoms with Gasteiger partial charge in [0, 0.05) is 35.0 Å². The van der Waals surface area contributed by atoms with Crippen molar-refractivity contribution >= 4 is 29.1 Å². The number of nitrogens with two attached hydrogens (primary N) is 1. The summed E-state index contributed by atoms with van der Waals surface area (Å²) in [6.07, 6.45) is 0.179. The van der Waals surface area contributed by atoms with Gasteiger partial charge in [0.1, 0.15) is 5.84 Å². The van der Waals surface area contributed by atoms with Crippen molar-refractivity contribution in [2.24, 2.45) is 5.73 Å². The summed E-state index contributed by atoms with van der Waals surface area (Å²) in [5, 5.41) is 10.7. The highest BCUT2D eigenvalue weighted by atomic mass is 16.5. The Bertz CT molecular complexity index is 1100. The number of hydrogen-bond acceptors (Lipinski definition) is 5. The SMILES string of the molecule is CCOC(=O)CCC(=O)N(c1cc(C)c(C#CCNc2ccc(C(=N)N)cc2)cc1C)C(C)C. The van der Waals surface area contributed by atoms with E-state index in [4.69, 9.17) is 15.9 Å². The Morgan fingerprint density at radius 1 is 1.12 bits per heavy atom. The van der Waals surface area contributed by atoms with Gasteiger partial charge in [-0.25, -0.2) is 0 Å². The fourth-order valence-corrected chi connectivity index (χ4v) is 3.51. The van der Waals surface area contributed by atoms with E-state index in [9.17, 15) is 9.59 Å². The van der Waals surface area contributed by atoms with Gasteiger partial charge in [0.15, 0.2) is 0 Å². The predicted octanol–water partition coefficient (Wildman–Crippen LogP) is 4.14. The second kappa shape index (κ2) is 12.4. The Balaban J connectivity index is 2.11. The molecule has 2 aromatic rings. The Labute approximate surface area is 202 Å². The van der Waals surface area contributed by atoms with Crippen LogP contribution in [0.2, 0.25) is 0 Å².